The standard InChI is InChI=1S/C15H23BrN2O/c1-17-13-6-3-11(4-7-13)10-18-14-9-12(16)5-8-15(14)19-2/h5,8-9,11,13,17-18H,3-4,6-7,10H2,1-2H3. The Balaban J connectivity index is 1.87. The molecule has 1 aliphatic rings. The Bertz CT molecular complexity index is 403. The molecule has 106 valence electrons. The van der Waals surface area contributed by atoms with Crippen LogP contribution in [-0.4, -0.2) is 26.7 Å². The van der Waals surface area contributed by atoms with E-state index < -0.39 is 0 Å². The molecule has 0 aliphatic heterocycles. The van der Waals surface area contributed by atoms with Crippen molar-refractivity contribution in [3.05, 3.63) is 22.7 Å². The highest BCUT2D eigenvalue weighted by Gasteiger charge is 2.19. The first-order chi connectivity index (χ1) is 9.22. The lowest BCUT2D eigenvalue weighted by Crippen LogP contribution is -2.32. The van der Waals surface area contributed by atoms with E-state index in [2.05, 4.69) is 39.7 Å². The van der Waals surface area contributed by atoms with Crippen molar-refractivity contribution in [2.45, 2.75) is 31.7 Å². The minimum Gasteiger partial charge on any atom is -0.495 e. The highest BCUT2D eigenvalue weighted by Crippen LogP contribution is 2.30. The van der Waals surface area contributed by atoms with Crippen LogP contribution in [0.25, 0.3) is 0 Å². The van der Waals surface area contributed by atoms with Crippen molar-refractivity contribution in [1.29, 1.82) is 0 Å². The van der Waals surface area contributed by atoms with E-state index in [1.165, 1.54) is 25.7 Å². The van der Waals surface area contributed by atoms with E-state index in [9.17, 15) is 0 Å². The van der Waals surface area contributed by atoms with Gasteiger partial charge in [0.05, 0.1) is 12.8 Å². The lowest BCUT2D eigenvalue weighted by atomic mass is 9.86. The van der Waals surface area contributed by atoms with Gasteiger partial charge in [0.2, 0.25) is 0 Å². The second kappa shape index (κ2) is 7.15. The number of anilines is 1. The second-order valence-corrected chi connectivity index (χ2v) is 6.15. The monoisotopic (exact) mass is 326 g/mol. The van der Waals surface area contributed by atoms with Crippen LogP contribution in [0.1, 0.15) is 25.7 Å². The summed E-state index contributed by atoms with van der Waals surface area (Å²) >= 11 is 3.50. The van der Waals surface area contributed by atoms with Gasteiger partial charge in [-0.2, -0.15) is 0 Å². The summed E-state index contributed by atoms with van der Waals surface area (Å²) in [5.74, 6) is 1.68. The molecule has 0 aromatic heterocycles. The van der Waals surface area contributed by atoms with Gasteiger partial charge in [0, 0.05) is 17.1 Å². The van der Waals surface area contributed by atoms with Gasteiger partial charge in [-0.3, -0.25) is 0 Å². The zero-order valence-electron chi connectivity index (χ0n) is 11.7. The molecule has 1 aromatic carbocycles. The molecule has 1 aliphatic carbocycles. The summed E-state index contributed by atoms with van der Waals surface area (Å²) < 4.78 is 6.46. The molecule has 0 unspecified atom stereocenters. The predicted molar refractivity (Wildman–Crippen MR) is 84.0 cm³/mol. The highest BCUT2D eigenvalue weighted by molar-refractivity contribution is 9.10. The topological polar surface area (TPSA) is 33.3 Å². The summed E-state index contributed by atoms with van der Waals surface area (Å²) in [5, 5.41) is 6.91. The number of nitrogens with one attached hydrogen (secondary N) is 2. The molecule has 4 heteroatoms. The van der Waals surface area contributed by atoms with Crippen LogP contribution in [-0.2, 0) is 0 Å². The average molecular weight is 327 g/mol. The maximum Gasteiger partial charge on any atom is 0.142 e. The molecular weight excluding hydrogens is 304 g/mol. The van der Waals surface area contributed by atoms with E-state index in [0.29, 0.717) is 0 Å². The van der Waals surface area contributed by atoms with E-state index in [1.807, 2.05) is 12.1 Å². The Morgan fingerprint density at radius 2 is 2.00 bits per heavy atom. The van der Waals surface area contributed by atoms with E-state index in [-0.39, 0.29) is 0 Å². The van der Waals surface area contributed by atoms with Crippen LogP contribution in [0.15, 0.2) is 22.7 Å². The van der Waals surface area contributed by atoms with Gasteiger partial charge in [0.25, 0.3) is 0 Å². The first-order valence-electron chi connectivity index (χ1n) is 6.97. The Morgan fingerprint density at radius 3 is 2.63 bits per heavy atom. The third-order valence-electron chi connectivity index (χ3n) is 4.00. The number of benzene rings is 1. The first-order valence-corrected chi connectivity index (χ1v) is 7.77. The van der Waals surface area contributed by atoms with Crippen LogP contribution in [0.2, 0.25) is 0 Å². The Kier molecular flexibility index (Phi) is 5.52. The highest BCUT2D eigenvalue weighted by atomic mass is 79.9. The summed E-state index contributed by atoms with van der Waals surface area (Å²) in [6.07, 6.45) is 5.18. The van der Waals surface area contributed by atoms with Gasteiger partial charge in [0.15, 0.2) is 0 Å². The van der Waals surface area contributed by atoms with E-state index in [4.69, 9.17) is 4.74 Å². The van der Waals surface area contributed by atoms with Crippen molar-refractivity contribution in [2.24, 2.45) is 5.92 Å². The third-order valence-corrected chi connectivity index (χ3v) is 4.49. The summed E-state index contributed by atoms with van der Waals surface area (Å²) in [6, 6.07) is 6.79. The molecule has 0 bridgehead atoms. The summed E-state index contributed by atoms with van der Waals surface area (Å²) in [6.45, 7) is 1.03. The van der Waals surface area contributed by atoms with E-state index in [0.717, 1.165) is 34.4 Å². The van der Waals surface area contributed by atoms with Crippen molar-refractivity contribution in [3.8, 4) is 5.75 Å². The average Bonchev–Trinajstić information content (AvgIpc) is 2.46. The normalized spacial score (nSPS) is 23.1. The molecule has 1 saturated carbocycles. The quantitative estimate of drug-likeness (QED) is 0.866. The number of hydrogen-bond acceptors (Lipinski definition) is 3. The van der Waals surface area contributed by atoms with Gasteiger partial charge in [-0.15, -0.1) is 0 Å². The van der Waals surface area contributed by atoms with Crippen molar-refractivity contribution < 1.29 is 4.74 Å². The SMILES string of the molecule is CNC1CCC(CNc2cc(Br)ccc2OC)CC1. The first kappa shape index (κ1) is 14.7. The van der Waals surface area contributed by atoms with Crippen molar-refractivity contribution in [2.75, 3.05) is 26.0 Å². The minimum atomic E-state index is 0.719. The molecule has 0 radical (unpaired) electrons. The van der Waals surface area contributed by atoms with Crippen molar-refractivity contribution in [1.82, 2.24) is 5.32 Å². The molecule has 2 N–H and O–H groups in total. The molecule has 1 fully saturated rings. The molecule has 0 amide bonds. The molecule has 2 rings (SSSR count). The smallest absolute Gasteiger partial charge is 0.142 e. The lowest BCUT2D eigenvalue weighted by Gasteiger charge is -2.28. The fourth-order valence-electron chi connectivity index (χ4n) is 2.73. The minimum absolute atomic E-state index is 0.719. The number of rotatable bonds is 5. The maximum absolute atomic E-state index is 5.38. The molecular formula is C15H23BrN2O. The summed E-state index contributed by atoms with van der Waals surface area (Å²) in [7, 11) is 3.78. The summed E-state index contributed by atoms with van der Waals surface area (Å²) in [4.78, 5) is 0. The van der Waals surface area contributed by atoms with Crippen LogP contribution in [0, 0.1) is 5.92 Å². The molecule has 1 aromatic rings. The number of ether oxygens (including phenoxy) is 1. The van der Waals surface area contributed by atoms with Gasteiger partial charge < -0.3 is 15.4 Å². The zero-order valence-corrected chi connectivity index (χ0v) is 13.3. The summed E-state index contributed by atoms with van der Waals surface area (Å²) in [5.41, 5.74) is 1.08. The van der Waals surface area contributed by atoms with Gasteiger partial charge in [0.1, 0.15) is 5.75 Å². The van der Waals surface area contributed by atoms with Crippen LogP contribution >= 0.6 is 15.9 Å². The fraction of sp³-hybridized carbons (Fsp3) is 0.600. The van der Waals surface area contributed by atoms with Crippen molar-refractivity contribution in [3.63, 3.8) is 0 Å². The van der Waals surface area contributed by atoms with Crippen LogP contribution in [0.4, 0.5) is 5.69 Å². The number of halogens is 1. The third kappa shape index (κ3) is 4.11. The van der Waals surface area contributed by atoms with Crippen LogP contribution in [0.3, 0.4) is 0 Å². The molecule has 3 nitrogen and oxygen atoms in total. The molecule has 0 spiro atoms. The van der Waals surface area contributed by atoms with Gasteiger partial charge >= 0.3 is 0 Å². The van der Waals surface area contributed by atoms with E-state index >= 15 is 0 Å². The molecule has 19 heavy (non-hydrogen) atoms. The lowest BCUT2D eigenvalue weighted by molar-refractivity contribution is 0.312. The van der Waals surface area contributed by atoms with Gasteiger partial charge in [-0.1, -0.05) is 15.9 Å². The zero-order chi connectivity index (χ0) is 13.7. The Hall–Kier alpha value is -0.740. The van der Waals surface area contributed by atoms with Gasteiger partial charge in [-0.25, -0.2) is 0 Å². The Morgan fingerprint density at radius 1 is 1.26 bits per heavy atom. The largest absolute Gasteiger partial charge is 0.495 e. The second-order valence-electron chi connectivity index (χ2n) is 5.23. The van der Waals surface area contributed by atoms with Crippen LogP contribution in [0.5, 0.6) is 5.75 Å². The number of hydrogen-bond donors (Lipinski definition) is 2. The fourth-order valence-corrected chi connectivity index (χ4v) is 3.09. The van der Waals surface area contributed by atoms with Gasteiger partial charge in [-0.05, 0) is 56.8 Å². The van der Waals surface area contributed by atoms with Crippen LogP contribution < -0.4 is 15.4 Å². The Labute approximate surface area is 124 Å². The van der Waals surface area contributed by atoms with Crippen molar-refractivity contribution >= 4 is 21.6 Å². The maximum atomic E-state index is 5.38. The number of methoxy groups -OCH3 is 1. The predicted octanol–water partition coefficient (Wildman–Crippen LogP) is 3.65. The van der Waals surface area contributed by atoms with E-state index in [1.54, 1.807) is 7.11 Å². The molecule has 0 heterocycles. The molecule has 0 atom stereocenters. The molecule has 0 saturated heterocycles.